The van der Waals surface area contributed by atoms with E-state index in [1.807, 2.05) is 18.3 Å². The molecule has 112 valence electrons. The zero-order valence-electron chi connectivity index (χ0n) is 12.0. The molecule has 4 rings (SSSR count). The van der Waals surface area contributed by atoms with Gasteiger partial charge in [0.15, 0.2) is 15.3 Å². The summed E-state index contributed by atoms with van der Waals surface area (Å²) in [5, 5.41) is 9.64. The maximum Gasteiger partial charge on any atom is 0.198 e. The maximum absolute atomic E-state index is 4.50. The Morgan fingerprint density at radius 3 is 2.95 bits per heavy atom. The fourth-order valence-corrected chi connectivity index (χ4v) is 3.91. The summed E-state index contributed by atoms with van der Waals surface area (Å²) in [5.74, 6) is 1.77. The van der Waals surface area contributed by atoms with E-state index in [1.165, 1.54) is 24.4 Å². The Kier molecular flexibility index (Phi) is 3.63. The number of aromatic nitrogens is 6. The number of aryl methyl sites for hydroxylation is 1. The van der Waals surface area contributed by atoms with Gasteiger partial charge in [-0.25, -0.2) is 4.98 Å². The third-order valence-corrected chi connectivity index (χ3v) is 5.19. The lowest BCUT2D eigenvalue weighted by atomic mass is 10.3. The van der Waals surface area contributed by atoms with E-state index in [0.717, 1.165) is 33.1 Å². The lowest BCUT2D eigenvalue weighted by molar-refractivity contribution is 0.669. The van der Waals surface area contributed by atoms with Gasteiger partial charge in [0.05, 0.1) is 0 Å². The lowest BCUT2D eigenvalue weighted by Gasteiger charge is -2.07. The summed E-state index contributed by atoms with van der Waals surface area (Å²) < 4.78 is 7.47. The van der Waals surface area contributed by atoms with Crippen LogP contribution in [0.1, 0.15) is 31.6 Å². The molecule has 0 unspecified atom stereocenters. The summed E-state index contributed by atoms with van der Waals surface area (Å²) in [6.07, 6.45) is 6.81. The predicted molar refractivity (Wildman–Crippen MR) is 84.9 cm³/mol. The summed E-state index contributed by atoms with van der Waals surface area (Å²) in [4.78, 5) is 8.69. The van der Waals surface area contributed by atoms with E-state index in [1.54, 1.807) is 18.0 Å². The number of rotatable bonds is 5. The van der Waals surface area contributed by atoms with Crippen LogP contribution in [0.4, 0.5) is 0 Å². The molecule has 8 heteroatoms. The quantitative estimate of drug-likeness (QED) is 0.715. The minimum absolute atomic E-state index is 0.492. The molecule has 1 fully saturated rings. The fraction of sp³-hybridized carbons (Fsp3) is 0.357. The molecule has 0 aromatic carbocycles. The second-order valence-electron chi connectivity index (χ2n) is 5.08. The molecule has 0 atom stereocenters. The average molecular weight is 330 g/mol. The minimum Gasteiger partial charge on any atom is -0.299 e. The Labute approximate surface area is 136 Å². The number of nitrogens with zero attached hydrogens (tertiary/aromatic N) is 6. The van der Waals surface area contributed by atoms with Crippen molar-refractivity contribution in [1.82, 2.24) is 29.1 Å². The zero-order valence-corrected chi connectivity index (χ0v) is 13.6. The van der Waals surface area contributed by atoms with Crippen LogP contribution in [0.2, 0.25) is 0 Å². The van der Waals surface area contributed by atoms with E-state index < -0.39 is 0 Å². The van der Waals surface area contributed by atoms with Crippen molar-refractivity contribution in [3.05, 3.63) is 30.4 Å². The Morgan fingerprint density at radius 2 is 2.27 bits per heavy atom. The molecule has 0 spiro atoms. The van der Waals surface area contributed by atoms with Crippen LogP contribution < -0.4 is 0 Å². The highest BCUT2D eigenvalue weighted by atomic mass is 32.2. The molecule has 3 aromatic heterocycles. The molecule has 1 aliphatic rings. The Hall–Kier alpha value is -1.80. The molecule has 0 bridgehead atoms. The summed E-state index contributed by atoms with van der Waals surface area (Å²) in [7, 11) is 0. The number of hydrogen-bond acceptors (Lipinski definition) is 7. The van der Waals surface area contributed by atoms with Gasteiger partial charge in [0.1, 0.15) is 5.82 Å². The first-order valence-corrected chi connectivity index (χ1v) is 8.80. The lowest BCUT2D eigenvalue weighted by Crippen LogP contribution is -1.99. The average Bonchev–Trinajstić information content (AvgIpc) is 3.15. The first-order chi connectivity index (χ1) is 10.8. The molecular formula is C14H14N6S2. The summed E-state index contributed by atoms with van der Waals surface area (Å²) in [6.45, 7) is 2.06. The van der Waals surface area contributed by atoms with Gasteiger partial charge in [-0.3, -0.25) is 9.55 Å². The number of pyridine rings is 1. The number of hydrogen-bond donors (Lipinski definition) is 0. The Morgan fingerprint density at radius 1 is 1.36 bits per heavy atom. The maximum atomic E-state index is 4.50. The molecular weight excluding hydrogens is 316 g/mol. The zero-order chi connectivity index (χ0) is 14.9. The third-order valence-electron chi connectivity index (χ3n) is 3.44. The van der Waals surface area contributed by atoms with Gasteiger partial charge in [-0.05, 0) is 48.3 Å². The van der Waals surface area contributed by atoms with Crippen LogP contribution in [-0.2, 0) is 6.42 Å². The highest BCUT2D eigenvalue weighted by Gasteiger charge is 2.30. The highest BCUT2D eigenvalue weighted by molar-refractivity contribution is 8.00. The second-order valence-corrected chi connectivity index (χ2v) is 7.05. The van der Waals surface area contributed by atoms with Crippen LogP contribution in [-0.4, -0.2) is 29.1 Å². The summed E-state index contributed by atoms with van der Waals surface area (Å²) in [6, 6.07) is 4.43. The molecule has 0 aliphatic heterocycles. The second kappa shape index (κ2) is 5.77. The standard InChI is InChI=1S/C14H14N6S2/c1-2-11-16-14(22-19-11)21-13-18-17-12(20(13)10-5-6-10)9-4-3-7-15-8-9/h3-4,7-8,10H,2,5-6H2,1H3. The van der Waals surface area contributed by atoms with Gasteiger partial charge < -0.3 is 0 Å². The molecule has 6 nitrogen and oxygen atoms in total. The molecule has 0 radical (unpaired) electrons. The van der Waals surface area contributed by atoms with Crippen LogP contribution in [0.3, 0.4) is 0 Å². The van der Waals surface area contributed by atoms with Crippen molar-refractivity contribution in [2.75, 3.05) is 0 Å². The van der Waals surface area contributed by atoms with Crippen molar-refractivity contribution in [2.24, 2.45) is 0 Å². The smallest absolute Gasteiger partial charge is 0.198 e. The SMILES string of the molecule is CCc1nsc(Sc2nnc(-c3cccnc3)n2C2CC2)n1. The van der Waals surface area contributed by atoms with Crippen LogP contribution in [0.5, 0.6) is 0 Å². The van der Waals surface area contributed by atoms with Crippen LogP contribution in [0.25, 0.3) is 11.4 Å². The van der Waals surface area contributed by atoms with Crippen LogP contribution >= 0.6 is 23.3 Å². The first kappa shape index (κ1) is 13.8. The van der Waals surface area contributed by atoms with E-state index in [2.05, 4.69) is 36.0 Å². The third kappa shape index (κ3) is 2.64. The van der Waals surface area contributed by atoms with Crippen molar-refractivity contribution in [3.8, 4) is 11.4 Å². The highest BCUT2D eigenvalue weighted by Crippen LogP contribution is 2.42. The van der Waals surface area contributed by atoms with Crippen molar-refractivity contribution >= 4 is 23.3 Å². The monoisotopic (exact) mass is 330 g/mol. The normalized spacial score (nSPS) is 14.4. The van der Waals surface area contributed by atoms with Crippen molar-refractivity contribution in [1.29, 1.82) is 0 Å². The van der Waals surface area contributed by atoms with Gasteiger partial charge in [0.25, 0.3) is 0 Å². The van der Waals surface area contributed by atoms with E-state index in [4.69, 9.17) is 0 Å². The van der Waals surface area contributed by atoms with Crippen LogP contribution in [0.15, 0.2) is 34.0 Å². The van der Waals surface area contributed by atoms with Gasteiger partial charge in [-0.2, -0.15) is 4.37 Å². The summed E-state index contributed by atoms with van der Waals surface area (Å²) >= 11 is 2.97. The van der Waals surface area contributed by atoms with Gasteiger partial charge in [0, 0.05) is 30.4 Å². The molecule has 1 aliphatic carbocycles. The van der Waals surface area contributed by atoms with E-state index >= 15 is 0 Å². The Bertz CT molecular complexity index is 778. The van der Waals surface area contributed by atoms with Gasteiger partial charge in [-0.15, -0.1) is 10.2 Å². The van der Waals surface area contributed by atoms with Crippen molar-refractivity contribution in [2.45, 2.75) is 41.7 Å². The van der Waals surface area contributed by atoms with Crippen molar-refractivity contribution < 1.29 is 0 Å². The van der Waals surface area contributed by atoms with E-state index in [9.17, 15) is 0 Å². The molecule has 1 saturated carbocycles. The molecule has 22 heavy (non-hydrogen) atoms. The molecule has 3 aromatic rings. The largest absolute Gasteiger partial charge is 0.299 e. The molecule has 0 saturated heterocycles. The van der Waals surface area contributed by atoms with Gasteiger partial charge in [-0.1, -0.05) is 6.92 Å². The van der Waals surface area contributed by atoms with Gasteiger partial charge >= 0.3 is 0 Å². The topological polar surface area (TPSA) is 69.4 Å². The van der Waals surface area contributed by atoms with E-state index in [-0.39, 0.29) is 0 Å². The molecule has 3 heterocycles. The van der Waals surface area contributed by atoms with Crippen molar-refractivity contribution in [3.63, 3.8) is 0 Å². The molecule has 0 N–H and O–H groups in total. The minimum atomic E-state index is 0.492. The van der Waals surface area contributed by atoms with E-state index in [0.29, 0.717) is 6.04 Å². The molecule has 0 amide bonds. The van der Waals surface area contributed by atoms with Gasteiger partial charge in [0.2, 0.25) is 0 Å². The first-order valence-electron chi connectivity index (χ1n) is 7.21. The predicted octanol–water partition coefficient (Wildman–Crippen LogP) is 3.24. The summed E-state index contributed by atoms with van der Waals surface area (Å²) in [5.41, 5.74) is 1.00. The fourth-order valence-electron chi connectivity index (χ4n) is 2.20. The Balaban J connectivity index is 1.69. The van der Waals surface area contributed by atoms with Crippen LogP contribution in [0, 0.1) is 0 Å².